The predicted molar refractivity (Wildman–Crippen MR) is 84.0 cm³/mol. The van der Waals surface area contributed by atoms with E-state index in [4.69, 9.17) is 4.74 Å². The highest BCUT2D eigenvalue weighted by molar-refractivity contribution is 9.10. The van der Waals surface area contributed by atoms with Crippen molar-refractivity contribution < 1.29 is 4.74 Å². The molecule has 0 bridgehead atoms. The van der Waals surface area contributed by atoms with Crippen molar-refractivity contribution in [3.63, 3.8) is 0 Å². The zero-order chi connectivity index (χ0) is 13.9. The Kier molecular flexibility index (Phi) is 4.91. The average molecular weight is 326 g/mol. The maximum Gasteiger partial charge on any atom is 0.125 e. The van der Waals surface area contributed by atoms with Crippen molar-refractivity contribution in [3.05, 3.63) is 27.7 Å². The molecular weight excluding hydrogens is 302 g/mol. The molecule has 1 aromatic rings. The van der Waals surface area contributed by atoms with E-state index in [2.05, 4.69) is 54.2 Å². The Morgan fingerprint density at radius 3 is 2.89 bits per heavy atom. The predicted octanol–water partition coefficient (Wildman–Crippen LogP) is 3.95. The second kappa shape index (κ2) is 6.27. The zero-order valence-electron chi connectivity index (χ0n) is 12.2. The third-order valence-electron chi connectivity index (χ3n) is 3.52. The van der Waals surface area contributed by atoms with Gasteiger partial charge in [0.2, 0.25) is 0 Å². The van der Waals surface area contributed by atoms with Gasteiger partial charge in [0.1, 0.15) is 5.75 Å². The summed E-state index contributed by atoms with van der Waals surface area (Å²) in [7, 11) is 0. The maximum absolute atomic E-state index is 5.81. The fraction of sp³-hybridized carbons (Fsp3) is 0.625. The van der Waals surface area contributed by atoms with Crippen LogP contribution in [0.15, 0.2) is 16.6 Å². The van der Waals surface area contributed by atoms with E-state index in [1.807, 2.05) is 0 Å². The fourth-order valence-electron chi connectivity index (χ4n) is 2.66. The lowest BCUT2D eigenvalue weighted by molar-refractivity contribution is 0.321. The van der Waals surface area contributed by atoms with Crippen LogP contribution in [0.2, 0.25) is 0 Å². The summed E-state index contributed by atoms with van der Waals surface area (Å²) in [6.45, 7) is 9.80. The summed E-state index contributed by atoms with van der Waals surface area (Å²) >= 11 is 3.62. The van der Waals surface area contributed by atoms with E-state index in [-0.39, 0.29) is 5.41 Å². The van der Waals surface area contributed by atoms with Crippen LogP contribution in [0.4, 0.5) is 0 Å². The smallest absolute Gasteiger partial charge is 0.125 e. The molecule has 0 aromatic heterocycles. The number of hydrogen-bond acceptors (Lipinski definition) is 2. The van der Waals surface area contributed by atoms with Gasteiger partial charge in [-0.1, -0.05) is 36.7 Å². The third kappa shape index (κ3) is 3.96. The summed E-state index contributed by atoms with van der Waals surface area (Å²) in [5.74, 6) is 1.13. The van der Waals surface area contributed by atoms with Gasteiger partial charge in [-0.3, -0.25) is 0 Å². The molecule has 0 spiro atoms. The summed E-state index contributed by atoms with van der Waals surface area (Å²) in [6.07, 6.45) is 3.27. The topological polar surface area (TPSA) is 21.3 Å². The first-order valence-electron chi connectivity index (χ1n) is 7.16. The first-order chi connectivity index (χ1) is 9.02. The lowest BCUT2D eigenvalue weighted by Gasteiger charge is -2.26. The molecule has 0 saturated heterocycles. The van der Waals surface area contributed by atoms with Crippen LogP contribution in [0.1, 0.15) is 38.3 Å². The van der Waals surface area contributed by atoms with Gasteiger partial charge in [0.15, 0.2) is 0 Å². The molecule has 3 heteroatoms. The van der Waals surface area contributed by atoms with Gasteiger partial charge in [0.25, 0.3) is 0 Å². The standard InChI is InChI=1S/C16H24BrNO/c1-4-6-18-11-16(2,3)10-13-9-14(17)8-12-5-7-19-15(12)13/h8-9,18H,4-7,10-11H2,1-3H3. The summed E-state index contributed by atoms with van der Waals surface area (Å²) in [5, 5.41) is 3.53. The number of benzene rings is 1. The molecule has 0 aliphatic carbocycles. The lowest BCUT2D eigenvalue weighted by Crippen LogP contribution is -2.31. The highest BCUT2D eigenvalue weighted by Gasteiger charge is 2.24. The summed E-state index contributed by atoms with van der Waals surface area (Å²) < 4.78 is 6.99. The molecule has 1 aromatic carbocycles. The van der Waals surface area contributed by atoms with Crippen LogP contribution in [-0.2, 0) is 12.8 Å². The zero-order valence-corrected chi connectivity index (χ0v) is 13.8. The molecule has 19 heavy (non-hydrogen) atoms. The summed E-state index contributed by atoms with van der Waals surface area (Å²) in [4.78, 5) is 0. The van der Waals surface area contributed by atoms with Gasteiger partial charge in [-0.2, -0.15) is 0 Å². The number of nitrogens with one attached hydrogen (secondary N) is 1. The van der Waals surface area contributed by atoms with Gasteiger partial charge >= 0.3 is 0 Å². The first kappa shape index (κ1) is 14.9. The number of ether oxygens (including phenoxy) is 1. The molecule has 0 fully saturated rings. The van der Waals surface area contributed by atoms with Crippen LogP contribution in [-0.4, -0.2) is 19.7 Å². The number of halogens is 1. The van der Waals surface area contributed by atoms with E-state index < -0.39 is 0 Å². The molecule has 0 saturated carbocycles. The minimum Gasteiger partial charge on any atom is -0.493 e. The highest BCUT2D eigenvalue weighted by Crippen LogP contribution is 2.36. The quantitative estimate of drug-likeness (QED) is 0.799. The van der Waals surface area contributed by atoms with E-state index in [9.17, 15) is 0 Å². The molecule has 0 unspecified atom stereocenters. The lowest BCUT2D eigenvalue weighted by atomic mass is 9.85. The van der Waals surface area contributed by atoms with Crippen molar-refractivity contribution in [2.45, 2.75) is 40.0 Å². The van der Waals surface area contributed by atoms with Crippen molar-refractivity contribution >= 4 is 15.9 Å². The molecule has 1 heterocycles. The minimum absolute atomic E-state index is 0.246. The van der Waals surface area contributed by atoms with Gasteiger partial charge in [-0.25, -0.2) is 0 Å². The van der Waals surface area contributed by atoms with E-state index in [1.54, 1.807) is 0 Å². The van der Waals surface area contributed by atoms with Crippen LogP contribution in [0.25, 0.3) is 0 Å². The van der Waals surface area contributed by atoms with Crippen LogP contribution in [0.3, 0.4) is 0 Å². The molecule has 1 N–H and O–H groups in total. The SMILES string of the molecule is CCCNCC(C)(C)Cc1cc(Br)cc2c1OCC2. The molecule has 2 nitrogen and oxygen atoms in total. The first-order valence-corrected chi connectivity index (χ1v) is 7.96. The van der Waals surface area contributed by atoms with Crippen molar-refractivity contribution in [1.82, 2.24) is 5.32 Å². The van der Waals surface area contributed by atoms with E-state index in [0.717, 1.165) is 38.3 Å². The monoisotopic (exact) mass is 325 g/mol. The minimum atomic E-state index is 0.246. The molecule has 0 atom stereocenters. The molecule has 1 aliphatic heterocycles. The van der Waals surface area contributed by atoms with Gasteiger partial charge in [0, 0.05) is 17.4 Å². The Labute approximate surface area is 125 Å². The van der Waals surface area contributed by atoms with E-state index >= 15 is 0 Å². The highest BCUT2D eigenvalue weighted by atomic mass is 79.9. The Hall–Kier alpha value is -0.540. The molecular formula is C16H24BrNO. The van der Waals surface area contributed by atoms with Crippen LogP contribution < -0.4 is 10.1 Å². The van der Waals surface area contributed by atoms with Gasteiger partial charge in [-0.05, 0) is 48.1 Å². The maximum atomic E-state index is 5.81. The second-order valence-electron chi connectivity index (χ2n) is 6.17. The molecule has 0 radical (unpaired) electrons. The third-order valence-corrected chi connectivity index (χ3v) is 3.98. The van der Waals surface area contributed by atoms with Crippen molar-refractivity contribution in [3.8, 4) is 5.75 Å². The molecule has 0 amide bonds. The van der Waals surface area contributed by atoms with Gasteiger partial charge in [-0.15, -0.1) is 0 Å². The van der Waals surface area contributed by atoms with Crippen molar-refractivity contribution in [2.75, 3.05) is 19.7 Å². The Bertz CT molecular complexity index is 443. The normalized spacial score (nSPS) is 14.3. The van der Waals surface area contributed by atoms with Crippen LogP contribution in [0, 0.1) is 5.41 Å². The molecule has 2 rings (SSSR count). The number of fused-ring (bicyclic) bond motifs is 1. The average Bonchev–Trinajstić information content (AvgIpc) is 2.76. The van der Waals surface area contributed by atoms with Crippen molar-refractivity contribution in [2.24, 2.45) is 5.41 Å². The van der Waals surface area contributed by atoms with E-state index in [1.165, 1.54) is 22.0 Å². The summed E-state index contributed by atoms with van der Waals surface area (Å²) in [6, 6.07) is 4.40. The molecule has 106 valence electrons. The number of rotatable bonds is 6. The Morgan fingerprint density at radius 2 is 2.16 bits per heavy atom. The summed E-state index contributed by atoms with van der Waals surface area (Å²) in [5.41, 5.74) is 2.93. The Morgan fingerprint density at radius 1 is 1.37 bits per heavy atom. The Balaban J connectivity index is 2.10. The fourth-order valence-corrected chi connectivity index (χ4v) is 3.21. The van der Waals surface area contributed by atoms with Crippen LogP contribution in [0.5, 0.6) is 5.75 Å². The largest absolute Gasteiger partial charge is 0.493 e. The number of hydrogen-bond donors (Lipinski definition) is 1. The van der Waals surface area contributed by atoms with Crippen LogP contribution >= 0.6 is 15.9 Å². The van der Waals surface area contributed by atoms with Gasteiger partial charge < -0.3 is 10.1 Å². The van der Waals surface area contributed by atoms with E-state index in [0.29, 0.717) is 0 Å². The van der Waals surface area contributed by atoms with Crippen molar-refractivity contribution in [1.29, 1.82) is 0 Å². The second-order valence-corrected chi connectivity index (χ2v) is 7.09. The van der Waals surface area contributed by atoms with Gasteiger partial charge in [0.05, 0.1) is 6.61 Å². The molecule has 1 aliphatic rings.